The number of hydrazine groups is 1. The molecule has 1 saturated carbocycles. The first kappa shape index (κ1) is 32.6. The minimum atomic E-state index is -5.03. The molecule has 7 nitrogen and oxygen atoms in total. The van der Waals surface area contributed by atoms with Gasteiger partial charge in [0.1, 0.15) is 0 Å². The first-order valence-electron chi connectivity index (χ1n) is 13.7. The van der Waals surface area contributed by atoms with E-state index >= 15 is 0 Å². The van der Waals surface area contributed by atoms with Gasteiger partial charge in [-0.1, -0.05) is 5.22 Å². The molecule has 0 bridgehead atoms. The highest BCUT2D eigenvalue weighted by Gasteiger charge is 2.40. The molecule has 0 saturated heterocycles. The number of anilines is 2. The molecule has 1 aliphatic heterocycles. The molecule has 4 rings (SSSR count). The maximum Gasteiger partial charge on any atom is 0.416 e. The highest BCUT2D eigenvalue weighted by atomic mass is 19.4. The Bertz CT molecular complexity index is 1270. The molecule has 16 heteroatoms. The van der Waals surface area contributed by atoms with Crippen molar-refractivity contribution in [3.8, 4) is 0 Å². The summed E-state index contributed by atoms with van der Waals surface area (Å²) in [7, 11) is 0. The Balaban J connectivity index is 1.82. The molecule has 1 fully saturated rings. The first-order chi connectivity index (χ1) is 20.0. The number of benzene rings is 2. The number of nitrogens with two attached hydrogens (primary N) is 1. The molecule has 5 N–H and O–H groups in total. The molecular formula is C27H32F9N7. The van der Waals surface area contributed by atoms with Crippen molar-refractivity contribution in [3.63, 3.8) is 0 Å². The van der Waals surface area contributed by atoms with E-state index in [1.165, 1.54) is 6.92 Å². The zero-order valence-electron chi connectivity index (χ0n) is 23.1. The average molecular weight is 626 g/mol. The molecule has 2 aromatic rings. The third-order valence-electron chi connectivity index (χ3n) is 7.60. The molecule has 0 spiro atoms. The normalized spacial score (nSPS) is 17.8. The predicted octanol–water partition coefficient (Wildman–Crippen LogP) is 7.43. The summed E-state index contributed by atoms with van der Waals surface area (Å²) < 4.78 is 124. The van der Waals surface area contributed by atoms with Crippen LogP contribution in [-0.4, -0.2) is 31.3 Å². The Morgan fingerprint density at radius 3 is 2.09 bits per heavy atom. The Morgan fingerprint density at radius 2 is 1.58 bits per heavy atom. The van der Waals surface area contributed by atoms with Crippen LogP contribution < -0.4 is 21.4 Å². The highest BCUT2D eigenvalue weighted by Crippen LogP contribution is 2.47. The van der Waals surface area contributed by atoms with Crippen LogP contribution >= 0.6 is 0 Å². The SMILES string of the molecule is Cc1c(C(F)(F)F)cc2c(c1NN(CCN)N=N)[C@@H](NCc1cc(C(F)(F)F)cc(C(F)(F)F)c1)CCCN2CC1CC1. The monoisotopic (exact) mass is 625 g/mol. The number of hydrogen-bond acceptors (Lipinski definition) is 6. The molecule has 2 aromatic carbocycles. The van der Waals surface area contributed by atoms with Crippen LogP contribution in [-0.2, 0) is 25.1 Å². The molecule has 1 atom stereocenters. The summed E-state index contributed by atoms with van der Waals surface area (Å²) in [5.74, 6) is 0.298. The van der Waals surface area contributed by atoms with Gasteiger partial charge in [0.25, 0.3) is 0 Å². The van der Waals surface area contributed by atoms with Gasteiger partial charge in [0, 0.05) is 43.5 Å². The van der Waals surface area contributed by atoms with E-state index in [1.807, 2.05) is 4.90 Å². The van der Waals surface area contributed by atoms with Gasteiger partial charge >= 0.3 is 18.5 Å². The summed E-state index contributed by atoms with van der Waals surface area (Å²) in [4.78, 5) is 1.85. The van der Waals surface area contributed by atoms with Gasteiger partial charge in [-0.15, -0.1) is 0 Å². The summed E-state index contributed by atoms with van der Waals surface area (Å²) in [6.07, 6.45) is -12.1. The van der Waals surface area contributed by atoms with Crippen LogP contribution in [0.4, 0.5) is 50.9 Å². The Kier molecular flexibility index (Phi) is 9.40. The number of alkyl halides is 9. The molecule has 0 radical (unpaired) electrons. The Labute approximate surface area is 242 Å². The zero-order chi connectivity index (χ0) is 31.7. The lowest BCUT2D eigenvalue weighted by atomic mass is 9.92. The number of fused-ring (bicyclic) bond motifs is 1. The molecule has 238 valence electrons. The molecule has 2 aliphatic rings. The quantitative estimate of drug-likeness (QED) is 0.125. The zero-order valence-corrected chi connectivity index (χ0v) is 23.1. The van der Waals surface area contributed by atoms with E-state index in [-0.39, 0.29) is 41.7 Å². The Hall–Kier alpha value is -3.27. The van der Waals surface area contributed by atoms with Gasteiger partial charge in [-0.3, -0.25) is 5.43 Å². The second-order valence-corrected chi connectivity index (χ2v) is 10.9. The van der Waals surface area contributed by atoms with E-state index in [9.17, 15) is 39.5 Å². The molecular weight excluding hydrogens is 593 g/mol. The summed E-state index contributed by atoms with van der Waals surface area (Å²) in [5, 5.41) is 7.30. The van der Waals surface area contributed by atoms with Gasteiger partial charge < -0.3 is 16.0 Å². The van der Waals surface area contributed by atoms with Crippen molar-refractivity contribution in [2.45, 2.75) is 63.7 Å². The van der Waals surface area contributed by atoms with Crippen molar-refractivity contribution in [1.82, 2.24) is 10.4 Å². The van der Waals surface area contributed by atoms with E-state index in [1.54, 1.807) is 0 Å². The van der Waals surface area contributed by atoms with Crippen LogP contribution in [0, 0.1) is 18.4 Å². The van der Waals surface area contributed by atoms with Gasteiger partial charge in [-0.2, -0.15) is 50.2 Å². The number of hydrogen-bond donors (Lipinski definition) is 4. The Morgan fingerprint density at radius 1 is 0.953 bits per heavy atom. The van der Waals surface area contributed by atoms with Crippen LogP contribution in [0.5, 0.6) is 0 Å². The average Bonchev–Trinajstić information content (AvgIpc) is 3.74. The predicted molar refractivity (Wildman–Crippen MR) is 141 cm³/mol. The topological polar surface area (TPSA) is 92.8 Å². The summed E-state index contributed by atoms with van der Waals surface area (Å²) >= 11 is 0. The van der Waals surface area contributed by atoms with E-state index in [0.717, 1.165) is 24.0 Å². The van der Waals surface area contributed by atoms with Crippen LogP contribution in [0.15, 0.2) is 29.5 Å². The van der Waals surface area contributed by atoms with Crippen molar-refractivity contribution >= 4 is 11.4 Å². The fraction of sp³-hybridized carbons (Fsp3) is 0.556. The number of rotatable bonds is 10. The summed E-state index contributed by atoms with van der Waals surface area (Å²) in [6.45, 7) is 1.72. The largest absolute Gasteiger partial charge is 0.416 e. The highest BCUT2D eigenvalue weighted by molar-refractivity contribution is 5.74. The van der Waals surface area contributed by atoms with Gasteiger partial charge in [0.15, 0.2) is 0 Å². The lowest BCUT2D eigenvalue weighted by molar-refractivity contribution is -0.143. The second kappa shape index (κ2) is 12.4. The van der Waals surface area contributed by atoms with Gasteiger partial charge in [-0.05, 0) is 73.9 Å². The third-order valence-corrected chi connectivity index (χ3v) is 7.60. The fourth-order valence-corrected chi connectivity index (χ4v) is 5.34. The van der Waals surface area contributed by atoms with E-state index in [4.69, 9.17) is 11.3 Å². The fourth-order valence-electron chi connectivity index (χ4n) is 5.34. The number of nitrogens with zero attached hydrogens (tertiary/aromatic N) is 3. The molecule has 1 heterocycles. The standard InChI is InChI=1S/C27H32F9N7/c1-15-20(27(34,35)36)12-22-23(24(15)40-43(41-38)8-6-37)21(3-2-7-42(22)14-16-4-5-16)39-13-17-9-18(25(28,29)30)11-19(10-17)26(31,32)33/h9-12,16,21,38-40H,2-8,13-14,37H2,1H3/t21-/m0/s1. The molecule has 0 amide bonds. The minimum Gasteiger partial charge on any atom is -0.371 e. The van der Waals surface area contributed by atoms with Gasteiger partial charge in [0.05, 0.1) is 28.9 Å². The van der Waals surface area contributed by atoms with E-state index < -0.39 is 47.8 Å². The third kappa shape index (κ3) is 7.82. The molecule has 1 aliphatic carbocycles. The van der Waals surface area contributed by atoms with E-state index in [0.29, 0.717) is 49.5 Å². The number of halogens is 9. The van der Waals surface area contributed by atoms with Crippen LogP contribution in [0.1, 0.15) is 65.1 Å². The van der Waals surface area contributed by atoms with Crippen LogP contribution in [0.25, 0.3) is 0 Å². The second-order valence-electron chi connectivity index (χ2n) is 10.9. The van der Waals surface area contributed by atoms with Crippen molar-refractivity contribution in [1.29, 1.82) is 5.53 Å². The van der Waals surface area contributed by atoms with Crippen molar-refractivity contribution in [2.24, 2.45) is 16.9 Å². The maximum absolute atomic E-state index is 14.3. The van der Waals surface area contributed by atoms with Crippen molar-refractivity contribution < 1.29 is 39.5 Å². The minimum absolute atomic E-state index is 0.00510. The molecule has 43 heavy (non-hydrogen) atoms. The van der Waals surface area contributed by atoms with Crippen molar-refractivity contribution in [3.05, 3.63) is 57.6 Å². The summed E-state index contributed by atoms with van der Waals surface area (Å²) in [6, 6.07) is 1.57. The smallest absolute Gasteiger partial charge is 0.371 e. The molecule has 0 unspecified atom stereocenters. The van der Waals surface area contributed by atoms with Gasteiger partial charge in [-0.25, -0.2) is 0 Å². The lowest BCUT2D eigenvalue weighted by Gasteiger charge is -2.32. The summed E-state index contributed by atoms with van der Waals surface area (Å²) in [5.41, 5.74) is 12.1. The van der Waals surface area contributed by atoms with Crippen molar-refractivity contribution in [2.75, 3.05) is 36.5 Å². The first-order valence-corrected chi connectivity index (χ1v) is 13.7. The number of nitrogens with one attached hydrogen (secondary N) is 3. The van der Waals surface area contributed by atoms with E-state index in [2.05, 4.69) is 16.0 Å². The molecule has 0 aromatic heterocycles. The van der Waals surface area contributed by atoms with Crippen LogP contribution in [0.3, 0.4) is 0 Å². The maximum atomic E-state index is 14.3. The lowest BCUT2D eigenvalue weighted by Crippen LogP contribution is -2.33. The van der Waals surface area contributed by atoms with Crippen LogP contribution in [0.2, 0.25) is 0 Å². The van der Waals surface area contributed by atoms with Gasteiger partial charge in [0.2, 0.25) is 0 Å².